The molecule has 3 heteroatoms. The van der Waals surface area contributed by atoms with Gasteiger partial charge in [0, 0.05) is 22.0 Å². The minimum atomic E-state index is -0.177. The van der Waals surface area contributed by atoms with Crippen molar-refractivity contribution in [1.29, 1.82) is 0 Å². The summed E-state index contributed by atoms with van der Waals surface area (Å²) >= 11 is 6.12. The van der Waals surface area contributed by atoms with E-state index in [0.29, 0.717) is 10.6 Å². The molecule has 1 aromatic rings. The second-order valence-electron chi connectivity index (χ2n) is 4.93. The average molecular weight is 242 g/mol. The molecule has 1 fully saturated rings. The van der Waals surface area contributed by atoms with Gasteiger partial charge >= 0.3 is 0 Å². The van der Waals surface area contributed by atoms with Crippen LogP contribution in [0.2, 0.25) is 5.02 Å². The maximum Gasteiger partial charge on any atom is 0.130 e. The lowest BCUT2D eigenvalue weighted by atomic mass is 9.85. The number of aryl methyl sites for hydroxylation is 1. The first kappa shape index (κ1) is 11.9. The summed E-state index contributed by atoms with van der Waals surface area (Å²) < 4.78 is 14.2. The van der Waals surface area contributed by atoms with Gasteiger partial charge in [-0.25, -0.2) is 4.39 Å². The standard InChI is InChI=1S/C13H17ClFN/c1-7-6-10(14)8(2)11(12(7)15)13(4-5-13)9(3)16/h6,9H,4-5,16H2,1-3H3. The van der Waals surface area contributed by atoms with E-state index in [1.165, 1.54) is 0 Å². The molecular formula is C13H17ClFN. The van der Waals surface area contributed by atoms with Crippen LogP contribution >= 0.6 is 11.6 Å². The highest BCUT2D eigenvalue weighted by Gasteiger charge is 2.50. The third-order valence-corrected chi connectivity index (χ3v) is 4.19. The van der Waals surface area contributed by atoms with Crippen LogP contribution in [-0.4, -0.2) is 6.04 Å². The minimum absolute atomic E-state index is 0.0291. The van der Waals surface area contributed by atoms with Gasteiger partial charge in [0.2, 0.25) is 0 Å². The van der Waals surface area contributed by atoms with E-state index < -0.39 is 0 Å². The van der Waals surface area contributed by atoms with Gasteiger partial charge in [-0.15, -0.1) is 0 Å². The van der Waals surface area contributed by atoms with Gasteiger partial charge in [0.1, 0.15) is 5.82 Å². The molecule has 2 N–H and O–H groups in total. The van der Waals surface area contributed by atoms with E-state index >= 15 is 0 Å². The Hall–Kier alpha value is -0.600. The van der Waals surface area contributed by atoms with Crippen molar-refractivity contribution in [2.24, 2.45) is 5.73 Å². The molecule has 0 radical (unpaired) electrons. The van der Waals surface area contributed by atoms with Crippen LogP contribution in [0, 0.1) is 19.7 Å². The van der Waals surface area contributed by atoms with E-state index in [2.05, 4.69) is 0 Å². The number of rotatable bonds is 2. The third kappa shape index (κ3) is 1.56. The zero-order chi connectivity index (χ0) is 12.1. The summed E-state index contributed by atoms with van der Waals surface area (Å²) in [5.74, 6) is -0.128. The topological polar surface area (TPSA) is 26.0 Å². The molecule has 0 spiro atoms. The van der Waals surface area contributed by atoms with Crippen molar-refractivity contribution in [2.75, 3.05) is 0 Å². The molecule has 1 unspecified atom stereocenters. The van der Waals surface area contributed by atoms with Crippen molar-refractivity contribution in [2.45, 2.75) is 45.1 Å². The summed E-state index contributed by atoms with van der Waals surface area (Å²) in [5, 5.41) is 0.640. The maximum atomic E-state index is 14.2. The lowest BCUT2D eigenvalue weighted by molar-refractivity contribution is 0.506. The zero-order valence-corrected chi connectivity index (χ0v) is 10.7. The predicted molar refractivity (Wildman–Crippen MR) is 65.4 cm³/mol. The Morgan fingerprint density at radius 1 is 1.44 bits per heavy atom. The summed E-state index contributed by atoms with van der Waals surface area (Å²) in [6, 6.07) is 1.66. The largest absolute Gasteiger partial charge is 0.327 e. The quantitative estimate of drug-likeness (QED) is 0.843. The molecule has 1 aromatic carbocycles. The van der Waals surface area contributed by atoms with Crippen LogP contribution in [0.4, 0.5) is 4.39 Å². The Kier molecular flexibility index (Phi) is 2.75. The van der Waals surface area contributed by atoms with Gasteiger partial charge in [0.05, 0.1) is 0 Å². The number of benzene rings is 1. The van der Waals surface area contributed by atoms with Gasteiger partial charge in [-0.3, -0.25) is 0 Å². The normalized spacial score (nSPS) is 19.6. The maximum absolute atomic E-state index is 14.2. The Labute approximate surface area is 101 Å². The molecule has 0 aliphatic heterocycles. The highest BCUT2D eigenvalue weighted by molar-refractivity contribution is 6.31. The SMILES string of the molecule is Cc1cc(Cl)c(C)c(C2(C(C)N)CC2)c1F. The van der Waals surface area contributed by atoms with Crippen molar-refractivity contribution in [1.82, 2.24) is 0 Å². The van der Waals surface area contributed by atoms with Crippen molar-refractivity contribution in [3.63, 3.8) is 0 Å². The predicted octanol–water partition coefficient (Wildman–Crippen LogP) is 3.47. The van der Waals surface area contributed by atoms with Crippen LogP contribution in [0.25, 0.3) is 0 Å². The molecule has 88 valence electrons. The zero-order valence-electron chi connectivity index (χ0n) is 9.90. The van der Waals surface area contributed by atoms with E-state index in [-0.39, 0.29) is 17.3 Å². The number of nitrogens with two attached hydrogens (primary N) is 1. The highest BCUT2D eigenvalue weighted by Crippen LogP contribution is 2.53. The molecule has 0 amide bonds. The van der Waals surface area contributed by atoms with Crippen molar-refractivity contribution in [3.05, 3.63) is 33.6 Å². The van der Waals surface area contributed by atoms with E-state index in [4.69, 9.17) is 17.3 Å². The summed E-state index contributed by atoms with van der Waals surface area (Å²) in [6.45, 7) is 5.58. The van der Waals surface area contributed by atoms with Gasteiger partial charge in [-0.1, -0.05) is 11.6 Å². The average Bonchev–Trinajstić information content (AvgIpc) is 2.97. The Bertz CT molecular complexity index is 410. The van der Waals surface area contributed by atoms with Crippen molar-refractivity contribution in [3.8, 4) is 0 Å². The number of halogens is 2. The van der Waals surface area contributed by atoms with Gasteiger partial charge < -0.3 is 5.73 Å². The molecule has 1 aliphatic carbocycles. The molecule has 0 aromatic heterocycles. The molecule has 1 nitrogen and oxygen atoms in total. The summed E-state index contributed by atoms with van der Waals surface area (Å²) in [5.41, 5.74) is 8.01. The molecule has 1 atom stereocenters. The second-order valence-corrected chi connectivity index (χ2v) is 5.34. The molecular weight excluding hydrogens is 225 g/mol. The fraction of sp³-hybridized carbons (Fsp3) is 0.538. The van der Waals surface area contributed by atoms with Crippen molar-refractivity contribution >= 4 is 11.6 Å². The summed E-state index contributed by atoms with van der Waals surface area (Å²) in [7, 11) is 0. The molecule has 1 aliphatic rings. The molecule has 1 saturated carbocycles. The Morgan fingerprint density at radius 2 is 2.00 bits per heavy atom. The first-order valence-electron chi connectivity index (χ1n) is 5.61. The summed E-state index contributed by atoms with van der Waals surface area (Å²) in [4.78, 5) is 0. The van der Waals surface area contributed by atoms with Crippen LogP contribution in [0.15, 0.2) is 6.07 Å². The van der Waals surface area contributed by atoms with E-state index in [1.807, 2.05) is 13.8 Å². The number of hydrogen-bond acceptors (Lipinski definition) is 1. The lowest BCUT2D eigenvalue weighted by Crippen LogP contribution is -2.33. The smallest absolute Gasteiger partial charge is 0.130 e. The first-order chi connectivity index (χ1) is 7.40. The van der Waals surface area contributed by atoms with Gasteiger partial charge in [0.15, 0.2) is 0 Å². The van der Waals surface area contributed by atoms with E-state index in [9.17, 15) is 4.39 Å². The Morgan fingerprint density at radius 3 is 2.44 bits per heavy atom. The molecule has 16 heavy (non-hydrogen) atoms. The van der Waals surface area contributed by atoms with E-state index in [1.54, 1.807) is 13.0 Å². The molecule has 0 saturated heterocycles. The van der Waals surface area contributed by atoms with Gasteiger partial charge in [0.25, 0.3) is 0 Å². The van der Waals surface area contributed by atoms with Gasteiger partial charge in [-0.2, -0.15) is 0 Å². The minimum Gasteiger partial charge on any atom is -0.327 e. The van der Waals surface area contributed by atoms with Crippen LogP contribution in [0.5, 0.6) is 0 Å². The van der Waals surface area contributed by atoms with Crippen LogP contribution in [-0.2, 0) is 5.41 Å². The third-order valence-electron chi connectivity index (χ3n) is 3.80. The van der Waals surface area contributed by atoms with Crippen LogP contribution < -0.4 is 5.73 Å². The van der Waals surface area contributed by atoms with Crippen LogP contribution in [0.3, 0.4) is 0 Å². The molecule has 0 heterocycles. The molecule has 0 bridgehead atoms. The van der Waals surface area contributed by atoms with E-state index in [0.717, 1.165) is 24.0 Å². The molecule has 2 rings (SSSR count). The monoisotopic (exact) mass is 241 g/mol. The Balaban J connectivity index is 2.65. The fourth-order valence-corrected chi connectivity index (χ4v) is 2.76. The lowest BCUT2D eigenvalue weighted by Gasteiger charge is -2.24. The fourth-order valence-electron chi connectivity index (χ4n) is 2.50. The van der Waals surface area contributed by atoms with Crippen LogP contribution in [0.1, 0.15) is 36.5 Å². The highest BCUT2D eigenvalue weighted by atomic mass is 35.5. The van der Waals surface area contributed by atoms with Gasteiger partial charge in [-0.05, 0) is 50.8 Å². The first-order valence-corrected chi connectivity index (χ1v) is 5.99. The summed E-state index contributed by atoms with van der Waals surface area (Å²) in [6.07, 6.45) is 1.92. The van der Waals surface area contributed by atoms with Crippen molar-refractivity contribution < 1.29 is 4.39 Å². The number of hydrogen-bond donors (Lipinski definition) is 1. The second kappa shape index (κ2) is 3.71.